The van der Waals surface area contributed by atoms with Crippen molar-refractivity contribution >= 4 is 34.2 Å². The average molecular weight is 367 g/mol. The highest BCUT2D eigenvalue weighted by Gasteiger charge is 2.12. The summed E-state index contributed by atoms with van der Waals surface area (Å²) in [6.07, 6.45) is 2.64. The number of ether oxygens (including phenoxy) is 1. The summed E-state index contributed by atoms with van der Waals surface area (Å²) >= 11 is 8.26. The maximum atomic E-state index is 5.98. The Kier molecular flexibility index (Phi) is 7.47. The van der Waals surface area contributed by atoms with E-state index in [1.165, 1.54) is 18.4 Å². The van der Waals surface area contributed by atoms with Crippen molar-refractivity contribution in [3.63, 3.8) is 0 Å². The molecule has 3 heteroatoms. The minimum Gasteiger partial charge on any atom is -0.372 e. The van der Waals surface area contributed by atoms with E-state index in [9.17, 15) is 0 Å². The summed E-state index contributed by atoms with van der Waals surface area (Å²) in [5, 5.41) is 0.778. The molecular weight excluding hydrogens is 347 g/mol. The summed E-state index contributed by atoms with van der Waals surface area (Å²) in [7, 11) is 0. The highest BCUT2D eigenvalue weighted by molar-refractivity contribution is 14.1. The highest BCUT2D eigenvalue weighted by Crippen LogP contribution is 2.23. The van der Waals surface area contributed by atoms with Crippen molar-refractivity contribution in [2.24, 2.45) is 5.92 Å². The van der Waals surface area contributed by atoms with Crippen molar-refractivity contribution in [3.8, 4) is 0 Å². The highest BCUT2D eigenvalue weighted by atomic mass is 127. The molecule has 0 radical (unpaired) electrons. The Morgan fingerprint density at radius 1 is 1.29 bits per heavy atom. The van der Waals surface area contributed by atoms with Gasteiger partial charge in [-0.05, 0) is 30.0 Å². The largest absolute Gasteiger partial charge is 0.372 e. The smallest absolute Gasteiger partial charge is 0.0914 e. The van der Waals surface area contributed by atoms with Gasteiger partial charge in [0.15, 0.2) is 0 Å². The predicted octanol–water partition coefficient (Wildman–Crippen LogP) is 5.27. The molecule has 0 aliphatic carbocycles. The van der Waals surface area contributed by atoms with Gasteiger partial charge in [0.25, 0.3) is 0 Å². The molecule has 2 unspecified atom stereocenters. The Labute approximate surface area is 123 Å². The van der Waals surface area contributed by atoms with E-state index in [1.54, 1.807) is 0 Å². The van der Waals surface area contributed by atoms with Crippen LogP contribution in [-0.4, -0.2) is 11.0 Å². The minimum atomic E-state index is 0.187. The molecule has 96 valence electrons. The zero-order valence-electron chi connectivity index (χ0n) is 10.5. The molecule has 1 aromatic carbocycles. The van der Waals surface area contributed by atoms with Gasteiger partial charge < -0.3 is 4.74 Å². The van der Waals surface area contributed by atoms with E-state index < -0.39 is 0 Å². The van der Waals surface area contributed by atoms with Crippen LogP contribution in [-0.2, 0) is 4.74 Å². The molecule has 0 saturated heterocycles. The van der Waals surface area contributed by atoms with Crippen LogP contribution < -0.4 is 0 Å². The molecule has 0 saturated carbocycles. The SMILES string of the molecule is CCCC(C)COC(CI)c1ccc(Cl)cc1. The van der Waals surface area contributed by atoms with Crippen molar-refractivity contribution in [1.29, 1.82) is 0 Å². The molecule has 0 aromatic heterocycles. The molecule has 2 atom stereocenters. The molecular formula is C14H20ClIO. The van der Waals surface area contributed by atoms with Gasteiger partial charge in [0.1, 0.15) is 0 Å². The van der Waals surface area contributed by atoms with Crippen LogP contribution in [0, 0.1) is 5.92 Å². The van der Waals surface area contributed by atoms with Crippen molar-refractivity contribution in [2.45, 2.75) is 32.8 Å². The van der Waals surface area contributed by atoms with Crippen LogP contribution in [0.2, 0.25) is 5.02 Å². The summed E-state index contributed by atoms with van der Waals surface area (Å²) in [6.45, 7) is 5.30. The van der Waals surface area contributed by atoms with E-state index in [-0.39, 0.29) is 6.10 Å². The molecule has 17 heavy (non-hydrogen) atoms. The number of alkyl halides is 1. The summed E-state index contributed by atoms with van der Waals surface area (Å²) in [4.78, 5) is 0. The quantitative estimate of drug-likeness (QED) is 0.472. The minimum absolute atomic E-state index is 0.187. The second-order valence-electron chi connectivity index (χ2n) is 4.42. The molecule has 0 N–H and O–H groups in total. The Morgan fingerprint density at radius 3 is 2.47 bits per heavy atom. The van der Waals surface area contributed by atoms with E-state index in [1.807, 2.05) is 12.1 Å². The fourth-order valence-electron chi connectivity index (χ4n) is 1.76. The Bertz CT molecular complexity index is 313. The van der Waals surface area contributed by atoms with Crippen LogP contribution in [0.1, 0.15) is 38.4 Å². The Balaban J connectivity index is 2.51. The topological polar surface area (TPSA) is 9.23 Å². The van der Waals surface area contributed by atoms with Gasteiger partial charge in [-0.2, -0.15) is 0 Å². The van der Waals surface area contributed by atoms with Crippen LogP contribution in [0.15, 0.2) is 24.3 Å². The Hall–Kier alpha value is 0.200. The monoisotopic (exact) mass is 366 g/mol. The van der Waals surface area contributed by atoms with Crippen LogP contribution in [0.3, 0.4) is 0 Å². The van der Waals surface area contributed by atoms with Crippen molar-refractivity contribution in [2.75, 3.05) is 11.0 Å². The summed E-state index contributed by atoms with van der Waals surface area (Å²) < 4.78 is 6.95. The lowest BCUT2D eigenvalue weighted by Crippen LogP contribution is -2.12. The first-order valence-corrected chi connectivity index (χ1v) is 8.00. The molecule has 0 aliphatic rings. The van der Waals surface area contributed by atoms with E-state index >= 15 is 0 Å². The lowest BCUT2D eigenvalue weighted by Gasteiger charge is -2.19. The molecule has 0 heterocycles. The van der Waals surface area contributed by atoms with Gasteiger partial charge >= 0.3 is 0 Å². The normalized spacial score (nSPS) is 14.6. The third-order valence-corrected chi connectivity index (χ3v) is 3.80. The van der Waals surface area contributed by atoms with E-state index in [0.717, 1.165) is 16.1 Å². The first-order chi connectivity index (χ1) is 8.17. The standard InChI is InChI=1S/C14H20ClIO/c1-3-4-11(2)10-17-14(9-16)12-5-7-13(15)8-6-12/h5-8,11,14H,3-4,9-10H2,1-2H3. The number of hydrogen-bond acceptors (Lipinski definition) is 1. The number of benzene rings is 1. The molecule has 0 aliphatic heterocycles. The van der Waals surface area contributed by atoms with Gasteiger partial charge in [0.05, 0.1) is 6.10 Å². The number of rotatable bonds is 7. The van der Waals surface area contributed by atoms with Gasteiger partial charge in [-0.1, -0.05) is 66.6 Å². The molecule has 0 fully saturated rings. The third kappa shape index (κ3) is 5.58. The molecule has 1 nitrogen and oxygen atoms in total. The van der Waals surface area contributed by atoms with E-state index in [0.29, 0.717) is 5.92 Å². The number of hydrogen-bond donors (Lipinski definition) is 0. The first kappa shape index (κ1) is 15.3. The second kappa shape index (κ2) is 8.33. The van der Waals surface area contributed by atoms with Crippen LogP contribution in [0.4, 0.5) is 0 Å². The average Bonchev–Trinajstić information content (AvgIpc) is 2.32. The second-order valence-corrected chi connectivity index (χ2v) is 5.74. The summed E-state index contributed by atoms with van der Waals surface area (Å²) in [5.41, 5.74) is 1.22. The zero-order chi connectivity index (χ0) is 12.7. The van der Waals surface area contributed by atoms with E-state index in [4.69, 9.17) is 16.3 Å². The summed E-state index contributed by atoms with van der Waals surface area (Å²) in [5.74, 6) is 0.637. The third-order valence-electron chi connectivity index (χ3n) is 2.75. The predicted molar refractivity (Wildman–Crippen MR) is 83.1 cm³/mol. The molecule has 0 amide bonds. The lowest BCUT2D eigenvalue weighted by molar-refractivity contribution is 0.0459. The van der Waals surface area contributed by atoms with Crippen molar-refractivity contribution in [3.05, 3.63) is 34.9 Å². The summed E-state index contributed by atoms with van der Waals surface area (Å²) in [6, 6.07) is 7.95. The maximum Gasteiger partial charge on any atom is 0.0914 e. The fourth-order valence-corrected chi connectivity index (χ4v) is 2.65. The zero-order valence-corrected chi connectivity index (χ0v) is 13.4. The van der Waals surface area contributed by atoms with Crippen molar-refractivity contribution in [1.82, 2.24) is 0 Å². The van der Waals surface area contributed by atoms with Gasteiger partial charge in [0.2, 0.25) is 0 Å². The van der Waals surface area contributed by atoms with Crippen LogP contribution in [0.25, 0.3) is 0 Å². The first-order valence-electron chi connectivity index (χ1n) is 6.10. The fraction of sp³-hybridized carbons (Fsp3) is 0.571. The maximum absolute atomic E-state index is 5.98. The molecule has 1 rings (SSSR count). The van der Waals surface area contributed by atoms with Gasteiger partial charge in [0, 0.05) is 16.1 Å². The van der Waals surface area contributed by atoms with Crippen LogP contribution >= 0.6 is 34.2 Å². The van der Waals surface area contributed by atoms with Gasteiger partial charge in [-0.3, -0.25) is 0 Å². The van der Waals surface area contributed by atoms with Crippen molar-refractivity contribution < 1.29 is 4.74 Å². The van der Waals surface area contributed by atoms with E-state index in [2.05, 4.69) is 48.6 Å². The van der Waals surface area contributed by atoms with Gasteiger partial charge in [-0.25, -0.2) is 0 Å². The molecule has 0 bridgehead atoms. The van der Waals surface area contributed by atoms with Gasteiger partial charge in [-0.15, -0.1) is 0 Å². The molecule has 0 spiro atoms. The lowest BCUT2D eigenvalue weighted by atomic mass is 10.1. The number of halogens is 2. The Morgan fingerprint density at radius 2 is 1.94 bits per heavy atom. The van der Waals surface area contributed by atoms with Crippen LogP contribution in [0.5, 0.6) is 0 Å². The molecule has 1 aromatic rings.